The fourth-order valence-corrected chi connectivity index (χ4v) is 3.99. The number of likely N-dealkylation sites (tertiary alicyclic amines) is 1. The van der Waals surface area contributed by atoms with Gasteiger partial charge >= 0.3 is 5.97 Å². The van der Waals surface area contributed by atoms with Crippen LogP contribution in [0.3, 0.4) is 0 Å². The zero-order valence-electron chi connectivity index (χ0n) is 18.0. The van der Waals surface area contributed by atoms with Gasteiger partial charge in [0.1, 0.15) is 0 Å². The van der Waals surface area contributed by atoms with Gasteiger partial charge in [-0.3, -0.25) is 14.4 Å². The van der Waals surface area contributed by atoms with Crippen molar-refractivity contribution in [2.75, 3.05) is 26.2 Å². The molecular weight excluding hydrogens is 430 g/mol. The number of esters is 1. The van der Waals surface area contributed by atoms with E-state index in [2.05, 4.69) is 5.32 Å². The summed E-state index contributed by atoms with van der Waals surface area (Å²) in [5, 5.41) is 4.70. The molecule has 1 aromatic heterocycles. The molecule has 2 aromatic rings. The topological polar surface area (TPSA) is 96.0 Å². The van der Waals surface area contributed by atoms with Crippen LogP contribution in [0.5, 0.6) is 0 Å². The Morgan fingerprint density at radius 3 is 2.59 bits per heavy atom. The normalized spacial score (nSPS) is 13.2. The summed E-state index contributed by atoms with van der Waals surface area (Å²) in [7, 11) is 0. The quantitative estimate of drug-likeness (QED) is 0.552. The Labute approximate surface area is 191 Å². The lowest BCUT2D eigenvalue weighted by atomic mass is 10.1. The van der Waals surface area contributed by atoms with Crippen LogP contribution in [-0.4, -0.2) is 59.7 Å². The van der Waals surface area contributed by atoms with E-state index in [1.165, 1.54) is 4.90 Å². The van der Waals surface area contributed by atoms with E-state index in [4.69, 9.17) is 4.74 Å². The fraction of sp³-hybridized carbons (Fsp3) is 0.391. The number of carbonyl (C=O) groups excluding carboxylic acids is 4. The van der Waals surface area contributed by atoms with Gasteiger partial charge in [0.15, 0.2) is 6.61 Å². The fourth-order valence-electron chi connectivity index (χ4n) is 3.34. The Balaban J connectivity index is 1.43. The molecule has 1 aromatic carbocycles. The van der Waals surface area contributed by atoms with Gasteiger partial charge in [0.05, 0.1) is 18.7 Å². The first kappa shape index (κ1) is 23.5. The molecule has 0 spiro atoms. The number of benzene rings is 1. The smallest absolute Gasteiger partial charge is 0.338 e. The van der Waals surface area contributed by atoms with Gasteiger partial charge in [-0.2, -0.15) is 0 Å². The molecule has 1 saturated heterocycles. The minimum atomic E-state index is -0.611. The molecule has 0 saturated carbocycles. The summed E-state index contributed by atoms with van der Waals surface area (Å²) in [6.45, 7) is 3.25. The van der Waals surface area contributed by atoms with Crippen molar-refractivity contribution in [3.05, 3.63) is 57.8 Å². The molecule has 8 nitrogen and oxygen atoms in total. The van der Waals surface area contributed by atoms with Crippen LogP contribution >= 0.6 is 11.3 Å². The molecule has 2 heterocycles. The summed E-state index contributed by atoms with van der Waals surface area (Å²) in [6.07, 6.45) is 1.46. The first-order valence-corrected chi connectivity index (χ1v) is 11.4. The van der Waals surface area contributed by atoms with Crippen molar-refractivity contribution in [1.29, 1.82) is 0 Å². The number of nitrogens with one attached hydrogen (secondary N) is 1. The Hall–Kier alpha value is -3.20. The number of rotatable bonds is 10. The van der Waals surface area contributed by atoms with E-state index >= 15 is 0 Å². The van der Waals surface area contributed by atoms with Crippen LogP contribution in [0.25, 0.3) is 0 Å². The van der Waals surface area contributed by atoms with Crippen molar-refractivity contribution < 1.29 is 23.9 Å². The standard InChI is InChI=1S/C23H27N3O5S/c1-2-25(15-20(27)24-13-19-5-4-12-32-19)22(29)16-31-23(30)18-9-7-17(8-10-18)14-26-11-3-6-21(26)28/h4-5,7-10,12H,2-3,6,11,13-16H2,1H3,(H,24,27). The minimum absolute atomic E-state index is 0.0951. The summed E-state index contributed by atoms with van der Waals surface area (Å²) < 4.78 is 5.14. The third-order valence-corrected chi connectivity index (χ3v) is 6.05. The monoisotopic (exact) mass is 457 g/mol. The predicted octanol–water partition coefficient (Wildman–Crippen LogP) is 2.19. The number of carbonyl (C=O) groups is 4. The van der Waals surface area contributed by atoms with Gasteiger partial charge in [-0.25, -0.2) is 4.79 Å². The van der Waals surface area contributed by atoms with E-state index in [0.717, 1.165) is 23.4 Å². The van der Waals surface area contributed by atoms with E-state index in [1.807, 2.05) is 17.5 Å². The lowest BCUT2D eigenvalue weighted by Gasteiger charge is -2.20. The molecule has 0 aliphatic carbocycles. The van der Waals surface area contributed by atoms with Gasteiger partial charge in [0.25, 0.3) is 5.91 Å². The van der Waals surface area contributed by atoms with E-state index in [1.54, 1.807) is 47.4 Å². The lowest BCUT2D eigenvalue weighted by Crippen LogP contribution is -2.42. The average molecular weight is 458 g/mol. The average Bonchev–Trinajstić information content (AvgIpc) is 3.46. The Morgan fingerprint density at radius 1 is 1.19 bits per heavy atom. The molecule has 0 atom stereocenters. The van der Waals surface area contributed by atoms with Crippen molar-refractivity contribution in [2.24, 2.45) is 0 Å². The number of amides is 3. The summed E-state index contributed by atoms with van der Waals surface area (Å²) in [4.78, 5) is 52.7. The van der Waals surface area contributed by atoms with Crippen LogP contribution < -0.4 is 5.32 Å². The molecule has 170 valence electrons. The zero-order valence-corrected chi connectivity index (χ0v) is 18.9. The van der Waals surface area contributed by atoms with Crippen LogP contribution in [0, 0.1) is 0 Å². The van der Waals surface area contributed by atoms with E-state index in [-0.39, 0.29) is 18.4 Å². The van der Waals surface area contributed by atoms with E-state index in [9.17, 15) is 19.2 Å². The zero-order chi connectivity index (χ0) is 22.9. The summed E-state index contributed by atoms with van der Waals surface area (Å²) in [5.41, 5.74) is 1.25. The van der Waals surface area contributed by atoms with Crippen LogP contribution in [-0.2, 0) is 32.2 Å². The van der Waals surface area contributed by atoms with Crippen molar-refractivity contribution in [2.45, 2.75) is 32.9 Å². The second kappa shape index (κ2) is 11.4. The molecule has 3 amide bonds. The molecule has 1 N–H and O–H groups in total. The number of thiophene rings is 1. The highest BCUT2D eigenvalue weighted by Gasteiger charge is 2.21. The Kier molecular flexibility index (Phi) is 8.38. The maximum Gasteiger partial charge on any atom is 0.338 e. The molecule has 0 bridgehead atoms. The lowest BCUT2D eigenvalue weighted by molar-refractivity contribution is -0.138. The van der Waals surface area contributed by atoms with Crippen LogP contribution in [0.4, 0.5) is 0 Å². The molecule has 1 aliphatic rings. The van der Waals surface area contributed by atoms with Crippen LogP contribution in [0.2, 0.25) is 0 Å². The molecule has 0 radical (unpaired) electrons. The third-order valence-electron chi connectivity index (χ3n) is 5.17. The maximum atomic E-state index is 12.4. The van der Waals surface area contributed by atoms with Gasteiger partial charge in [-0.15, -0.1) is 11.3 Å². The first-order chi connectivity index (χ1) is 15.5. The van der Waals surface area contributed by atoms with E-state index in [0.29, 0.717) is 31.6 Å². The highest BCUT2D eigenvalue weighted by Crippen LogP contribution is 2.15. The minimum Gasteiger partial charge on any atom is -0.452 e. The predicted molar refractivity (Wildman–Crippen MR) is 120 cm³/mol. The molecule has 0 unspecified atom stereocenters. The number of hydrogen-bond donors (Lipinski definition) is 1. The van der Waals surface area contributed by atoms with Gasteiger partial charge in [0.2, 0.25) is 11.8 Å². The van der Waals surface area contributed by atoms with Crippen LogP contribution in [0.1, 0.15) is 40.6 Å². The Morgan fingerprint density at radius 2 is 1.97 bits per heavy atom. The number of nitrogens with zero attached hydrogens (tertiary/aromatic N) is 2. The molecule has 1 aliphatic heterocycles. The summed E-state index contributed by atoms with van der Waals surface area (Å²) in [5.74, 6) is -1.17. The summed E-state index contributed by atoms with van der Waals surface area (Å²) in [6, 6.07) is 10.6. The Bertz CT molecular complexity index is 943. The van der Waals surface area contributed by atoms with E-state index < -0.39 is 18.5 Å². The van der Waals surface area contributed by atoms with Crippen LogP contribution in [0.15, 0.2) is 41.8 Å². The van der Waals surface area contributed by atoms with Crippen molar-refractivity contribution in [3.8, 4) is 0 Å². The van der Waals surface area contributed by atoms with Gasteiger partial charge in [-0.1, -0.05) is 18.2 Å². The highest BCUT2D eigenvalue weighted by molar-refractivity contribution is 7.09. The number of likely N-dealkylation sites (N-methyl/N-ethyl adjacent to an activating group) is 1. The van der Waals surface area contributed by atoms with Gasteiger partial charge in [0, 0.05) is 30.9 Å². The highest BCUT2D eigenvalue weighted by atomic mass is 32.1. The number of ether oxygens (including phenoxy) is 1. The second-order valence-electron chi connectivity index (χ2n) is 7.46. The van der Waals surface area contributed by atoms with Gasteiger partial charge < -0.3 is 19.9 Å². The van der Waals surface area contributed by atoms with Gasteiger partial charge in [-0.05, 0) is 42.5 Å². The molecule has 32 heavy (non-hydrogen) atoms. The molecular formula is C23H27N3O5S. The van der Waals surface area contributed by atoms with Crippen molar-refractivity contribution >= 4 is 35.0 Å². The molecule has 1 fully saturated rings. The maximum absolute atomic E-state index is 12.4. The molecule has 3 rings (SSSR count). The number of hydrogen-bond acceptors (Lipinski definition) is 6. The largest absolute Gasteiger partial charge is 0.452 e. The first-order valence-electron chi connectivity index (χ1n) is 10.6. The third kappa shape index (κ3) is 6.65. The van der Waals surface area contributed by atoms with Crippen molar-refractivity contribution in [1.82, 2.24) is 15.1 Å². The molecule has 9 heteroatoms. The second-order valence-corrected chi connectivity index (χ2v) is 8.49. The SMILES string of the molecule is CCN(CC(=O)NCc1cccs1)C(=O)COC(=O)c1ccc(CN2CCCC2=O)cc1. The summed E-state index contributed by atoms with van der Waals surface area (Å²) >= 11 is 1.54. The van der Waals surface area contributed by atoms with Crippen molar-refractivity contribution in [3.63, 3.8) is 0 Å².